The largest absolute Gasteiger partial charge is 0.465 e. The van der Waals surface area contributed by atoms with Gasteiger partial charge in [0.05, 0.1) is 11.3 Å². The van der Waals surface area contributed by atoms with Crippen molar-refractivity contribution >= 4 is 29.7 Å². The van der Waals surface area contributed by atoms with E-state index in [0.29, 0.717) is 12.0 Å². The van der Waals surface area contributed by atoms with Gasteiger partial charge in [0.1, 0.15) is 18.1 Å². The summed E-state index contributed by atoms with van der Waals surface area (Å²) >= 11 is 0. The lowest BCUT2D eigenvalue weighted by atomic mass is 10.1. The van der Waals surface area contributed by atoms with Gasteiger partial charge in [-0.25, -0.2) is 9.18 Å². The molecule has 0 heterocycles. The molecule has 0 saturated carbocycles. The van der Waals surface area contributed by atoms with E-state index in [-0.39, 0.29) is 17.8 Å². The van der Waals surface area contributed by atoms with Crippen LogP contribution in [-0.4, -0.2) is 36.0 Å². The van der Waals surface area contributed by atoms with Crippen LogP contribution in [0.15, 0.2) is 48.5 Å². The third-order valence-electron chi connectivity index (χ3n) is 3.26. The molecule has 0 aliphatic carbocycles. The number of halogens is 1. The molecule has 0 aromatic heterocycles. The lowest BCUT2D eigenvalue weighted by Gasteiger charge is -2.16. The summed E-state index contributed by atoms with van der Waals surface area (Å²) in [4.78, 5) is 33.8. The second kappa shape index (κ2) is 8.44. The molecule has 1 atom stereocenters. The van der Waals surface area contributed by atoms with Crippen molar-refractivity contribution < 1.29 is 23.9 Å². The van der Waals surface area contributed by atoms with E-state index in [2.05, 4.69) is 10.6 Å². The van der Waals surface area contributed by atoms with Gasteiger partial charge in [0.25, 0.3) is 5.91 Å². The van der Waals surface area contributed by atoms with Crippen molar-refractivity contribution in [2.75, 3.05) is 17.2 Å². The average molecular weight is 345 g/mol. The third-order valence-corrected chi connectivity index (χ3v) is 3.26. The zero-order valence-electron chi connectivity index (χ0n) is 13.0. The number of para-hydroxylation sites is 1. The van der Waals surface area contributed by atoms with Crippen molar-refractivity contribution in [2.24, 2.45) is 0 Å². The minimum absolute atomic E-state index is 0.134. The first kappa shape index (κ1) is 17.9. The van der Waals surface area contributed by atoms with Crippen molar-refractivity contribution in [1.29, 1.82) is 0 Å². The van der Waals surface area contributed by atoms with Crippen molar-refractivity contribution in [3.63, 3.8) is 0 Å². The number of nitrogens with one attached hydrogen (secondary N) is 3. The first-order chi connectivity index (χ1) is 12.0. The predicted octanol–water partition coefficient (Wildman–Crippen LogP) is 2.33. The van der Waals surface area contributed by atoms with Crippen LogP contribution in [0.1, 0.15) is 10.4 Å². The molecule has 2 amide bonds. The summed E-state index contributed by atoms with van der Waals surface area (Å²) in [5.41, 5.74) is 0.416. The van der Waals surface area contributed by atoms with Crippen LogP contribution in [0.2, 0.25) is 0 Å². The maximum atomic E-state index is 14.1. The van der Waals surface area contributed by atoms with Gasteiger partial charge in [-0.3, -0.25) is 4.79 Å². The van der Waals surface area contributed by atoms with E-state index in [4.69, 9.17) is 5.11 Å². The number of benzene rings is 2. The zero-order valence-corrected chi connectivity index (χ0v) is 13.0. The second-order valence-electron chi connectivity index (χ2n) is 5.06. The Morgan fingerprint density at radius 2 is 1.84 bits per heavy atom. The highest BCUT2D eigenvalue weighted by atomic mass is 19.1. The normalized spacial score (nSPS) is 11.2. The summed E-state index contributed by atoms with van der Waals surface area (Å²) in [5, 5.41) is 15.9. The van der Waals surface area contributed by atoms with Gasteiger partial charge >= 0.3 is 6.09 Å². The van der Waals surface area contributed by atoms with E-state index in [1.54, 1.807) is 30.3 Å². The number of carboxylic acid groups (broad SMARTS) is 1. The SMILES string of the molecule is O=CC(CNc1cccc(F)c1C(=O)Nc1ccccc1)NC(=O)O. The average Bonchev–Trinajstić information content (AvgIpc) is 2.59. The number of aldehydes is 1. The van der Waals surface area contributed by atoms with Gasteiger partial charge in [-0.2, -0.15) is 0 Å². The fourth-order valence-electron chi connectivity index (χ4n) is 2.13. The Morgan fingerprint density at radius 3 is 2.48 bits per heavy atom. The maximum absolute atomic E-state index is 14.1. The van der Waals surface area contributed by atoms with Crippen LogP contribution in [0.5, 0.6) is 0 Å². The Balaban J connectivity index is 2.16. The Labute approximate surface area is 142 Å². The molecular formula is C17H16FN3O4. The van der Waals surface area contributed by atoms with E-state index in [1.807, 2.05) is 5.32 Å². The number of carbonyl (C=O) groups is 3. The number of hydrogen-bond acceptors (Lipinski definition) is 4. The van der Waals surface area contributed by atoms with Gasteiger partial charge in [-0.05, 0) is 24.3 Å². The monoisotopic (exact) mass is 345 g/mol. The van der Waals surface area contributed by atoms with E-state index in [0.717, 1.165) is 6.07 Å². The van der Waals surface area contributed by atoms with E-state index in [9.17, 15) is 18.8 Å². The number of carbonyl (C=O) groups excluding carboxylic acids is 2. The first-order valence-corrected chi connectivity index (χ1v) is 7.35. The van der Waals surface area contributed by atoms with E-state index < -0.39 is 23.9 Å². The van der Waals surface area contributed by atoms with E-state index >= 15 is 0 Å². The molecule has 0 aliphatic heterocycles. The van der Waals surface area contributed by atoms with Crippen LogP contribution < -0.4 is 16.0 Å². The minimum Gasteiger partial charge on any atom is -0.465 e. The Bertz CT molecular complexity index is 768. The number of amides is 2. The van der Waals surface area contributed by atoms with Crippen molar-refractivity contribution in [3.8, 4) is 0 Å². The highest BCUT2D eigenvalue weighted by molar-refractivity contribution is 6.08. The van der Waals surface area contributed by atoms with Gasteiger partial charge in [-0.1, -0.05) is 24.3 Å². The Morgan fingerprint density at radius 1 is 1.12 bits per heavy atom. The van der Waals surface area contributed by atoms with Gasteiger partial charge < -0.3 is 25.9 Å². The summed E-state index contributed by atoms with van der Waals surface area (Å²) in [5.74, 6) is -1.41. The smallest absolute Gasteiger partial charge is 0.405 e. The molecule has 0 fully saturated rings. The summed E-state index contributed by atoms with van der Waals surface area (Å²) in [6, 6.07) is 11.5. The zero-order chi connectivity index (χ0) is 18.2. The Kier molecular flexibility index (Phi) is 6.05. The van der Waals surface area contributed by atoms with E-state index in [1.165, 1.54) is 12.1 Å². The lowest BCUT2D eigenvalue weighted by molar-refractivity contribution is -0.109. The second-order valence-corrected chi connectivity index (χ2v) is 5.06. The summed E-state index contributed by atoms with van der Waals surface area (Å²) in [7, 11) is 0. The molecular weight excluding hydrogens is 329 g/mol. The minimum atomic E-state index is -1.36. The van der Waals surface area contributed by atoms with Crippen molar-refractivity contribution in [1.82, 2.24) is 5.32 Å². The molecule has 130 valence electrons. The van der Waals surface area contributed by atoms with Crippen LogP contribution in [0.3, 0.4) is 0 Å². The van der Waals surface area contributed by atoms with Crippen LogP contribution in [0.25, 0.3) is 0 Å². The molecule has 25 heavy (non-hydrogen) atoms. The highest BCUT2D eigenvalue weighted by Crippen LogP contribution is 2.20. The van der Waals surface area contributed by atoms with Crippen molar-refractivity contribution in [2.45, 2.75) is 6.04 Å². The molecule has 4 N–H and O–H groups in total. The van der Waals surface area contributed by atoms with Gasteiger partial charge in [0.2, 0.25) is 0 Å². The number of hydrogen-bond donors (Lipinski definition) is 4. The molecule has 0 bridgehead atoms. The van der Waals surface area contributed by atoms with Gasteiger partial charge in [0, 0.05) is 12.2 Å². The molecule has 0 spiro atoms. The molecule has 0 saturated heterocycles. The molecule has 2 aromatic rings. The van der Waals surface area contributed by atoms with Crippen LogP contribution in [0, 0.1) is 5.82 Å². The summed E-state index contributed by atoms with van der Waals surface area (Å²) in [6.45, 7) is -0.134. The number of anilines is 2. The summed E-state index contributed by atoms with van der Waals surface area (Å²) in [6.07, 6.45) is -0.954. The molecule has 1 unspecified atom stereocenters. The standard InChI is InChI=1S/C17H16FN3O4/c18-13-7-4-8-14(19-9-12(10-22)21-17(24)25)15(13)16(23)20-11-5-2-1-3-6-11/h1-8,10,12,19,21H,9H2,(H,20,23)(H,24,25). The van der Waals surface area contributed by atoms with Crippen LogP contribution >= 0.6 is 0 Å². The molecule has 0 aliphatic rings. The summed E-state index contributed by atoms with van der Waals surface area (Å²) < 4.78 is 14.1. The van der Waals surface area contributed by atoms with Crippen LogP contribution in [0.4, 0.5) is 20.6 Å². The van der Waals surface area contributed by atoms with Gasteiger partial charge in [0.15, 0.2) is 0 Å². The maximum Gasteiger partial charge on any atom is 0.405 e. The fourth-order valence-corrected chi connectivity index (χ4v) is 2.13. The topological polar surface area (TPSA) is 108 Å². The number of rotatable bonds is 7. The molecule has 0 radical (unpaired) electrons. The molecule has 2 rings (SSSR count). The third kappa shape index (κ3) is 5.03. The van der Waals surface area contributed by atoms with Gasteiger partial charge in [-0.15, -0.1) is 0 Å². The molecule has 2 aromatic carbocycles. The predicted molar refractivity (Wildman–Crippen MR) is 90.3 cm³/mol. The molecule has 8 heteroatoms. The lowest BCUT2D eigenvalue weighted by Crippen LogP contribution is -2.40. The Hall–Kier alpha value is -3.42. The molecule has 7 nitrogen and oxygen atoms in total. The van der Waals surface area contributed by atoms with Crippen LogP contribution in [-0.2, 0) is 4.79 Å². The first-order valence-electron chi connectivity index (χ1n) is 7.35. The quantitative estimate of drug-likeness (QED) is 0.576. The highest BCUT2D eigenvalue weighted by Gasteiger charge is 2.18. The van der Waals surface area contributed by atoms with Crippen molar-refractivity contribution in [3.05, 3.63) is 59.9 Å². The fraction of sp³-hybridized carbons (Fsp3) is 0.118.